The molecular weight excluding hydrogens is 346 g/mol. The minimum Gasteiger partial charge on any atom is -0.407 e. The zero-order valence-corrected chi connectivity index (χ0v) is 13.9. The Bertz CT molecular complexity index is 536. The summed E-state index contributed by atoms with van der Waals surface area (Å²) in [5.74, 6) is -4.20. The van der Waals surface area contributed by atoms with Gasteiger partial charge in [0.15, 0.2) is 11.6 Å². The molecule has 1 aromatic rings. The van der Waals surface area contributed by atoms with Crippen molar-refractivity contribution in [2.24, 2.45) is 5.92 Å². The Morgan fingerprint density at radius 3 is 2.20 bits per heavy atom. The van der Waals surface area contributed by atoms with Gasteiger partial charge in [-0.15, -0.1) is 13.2 Å². The molecule has 0 atom stereocenters. The minimum absolute atomic E-state index is 0.0195. The molecule has 0 N–H and O–H groups in total. The van der Waals surface area contributed by atoms with Crippen molar-refractivity contribution < 1.29 is 36.0 Å². The monoisotopic (exact) mass is 366 g/mol. The standard InChI is InChI=1S/C16H20BF5O3/c1-2-3-4-5-6-11-9-23-17(24-10-11)12-7-13(18)15(14(19)8-12)25-16(20,21)22/h7-8,11H,2-6,9-10H2,1H3. The third-order valence-electron chi connectivity index (χ3n) is 3.94. The van der Waals surface area contributed by atoms with E-state index in [-0.39, 0.29) is 11.4 Å². The second-order valence-corrected chi connectivity index (χ2v) is 6.08. The molecule has 0 aliphatic carbocycles. The molecule has 0 radical (unpaired) electrons. The Kier molecular flexibility index (Phi) is 7.07. The van der Waals surface area contributed by atoms with E-state index in [2.05, 4.69) is 11.7 Å². The van der Waals surface area contributed by atoms with Crippen molar-refractivity contribution >= 4 is 12.6 Å². The highest BCUT2D eigenvalue weighted by Gasteiger charge is 2.36. The van der Waals surface area contributed by atoms with Crippen LogP contribution in [-0.2, 0) is 9.31 Å². The molecule has 0 bridgehead atoms. The molecule has 9 heteroatoms. The number of unbranched alkanes of at least 4 members (excludes halogenated alkanes) is 3. The Morgan fingerprint density at radius 2 is 1.68 bits per heavy atom. The summed E-state index contributed by atoms with van der Waals surface area (Å²) in [6.45, 7) is 2.88. The summed E-state index contributed by atoms with van der Waals surface area (Å²) in [4.78, 5) is 0. The lowest BCUT2D eigenvalue weighted by atomic mass is 9.77. The number of rotatable bonds is 7. The molecule has 1 fully saturated rings. The van der Waals surface area contributed by atoms with E-state index in [1.807, 2.05) is 0 Å². The molecule has 0 saturated carbocycles. The highest BCUT2D eigenvalue weighted by molar-refractivity contribution is 6.61. The van der Waals surface area contributed by atoms with E-state index in [0.29, 0.717) is 13.2 Å². The Balaban J connectivity index is 1.93. The van der Waals surface area contributed by atoms with Gasteiger partial charge in [-0.2, -0.15) is 0 Å². The van der Waals surface area contributed by atoms with Crippen LogP contribution in [0.1, 0.15) is 39.0 Å². The maximum Gasteiger partial charge on any atom is 0.573 e. The minimum atomic E-state index is -5.17. The molecular formula is C16H20BF5O3. The van der Waals surface area contributed by atoms with Crippen LogP contribution in [0.4, 0.5) is 22.0 Å². The quantitative estimate of drug-likeness (QED) is 0.412. The molecule has 1 heterocycles. The van der Waals surface area contributed by atoms with Crippen LogP contribution in [0.2, 0.25) is 0 Å². The van der Waals surface area contributed by atoms with Crippen LogP contribution < -0.4 is 10.2 Å². The molecule has 0 spiro atoms. The second kappa shape index (κ2) is 8.85. The maximum atomic E-state index is 13.7. The van der Waals surface area contributed by atoms with E-state index in [1.165, 1.54) is 6.42 Å². The first-order valence-corrected chi connectivity index (χ1v) is 8.28. The molecule has 25 heavy (non-hydrogen) atoms. The van der Waals surface area contributed by atoms with Gasteiger partial charge in [0, 0.05) is 19.1 Å². The Morgan fingerprint density at radius 1 is 1.08 bits per heavy atom. The van der Waals surface area contributed by atoms with E-state index in [4.69, 9.17) is 9.31 Å². The first-order valence-electron chi connectivity index (χ1n) is 8.28. The molecule has 140 valence electrons. The van der Waals surface area contributed by atoms with E-state index < -0.39 is 30.9 Å². The highest BCUT2D eigenvalue weighted by Crippen LogP contribution is 2.28. The Labute approximate surface area is 143 Å². The summed E-state index contributed by atoms with van der Waals surface area (Å²) >= 11 is 0. The average molecular weight is 366 g/mol. The van der Waals surface area contributed by atoms with Crippen LogP contribution in [0.5, 0.6) is 5.75 Å². The van der Waals surface area contributed by atoms with Gasteiger partial charge in [-0.25, -0.2) is 8.78 Å². The van der Waals surface area contributed by atoms with Crippen molar-refractivity contribution in [1.29, 1.82) is 0 Å². The van der Waals surface area contributed by atoms with Gasteiger partial charge in [0.25, 0.3) is 0 Å². The van der Waals surface area contributed by atoms with Gasteiger partial charge in [-0.1, -0.05) is 32.6 Å². The largest absolute Gasteiger partial charge is 0.573 e. The van der Waals surface area contributed by atoms with Crippen molar-refractivity contribution in [2.45, 2.75) is 45.4 Å². The van der Waals surface area contributed by atoms with E-state index >= 15 is 0 Å². The lowest BCUT2D eigenvalue weighted by Crippen LogP contribution is -2.44. The van der Waals surface area contributed by atoms with E-state index in [1.54, 1.807) is 0 Å². The zero-order valence-electron chi connectivity index (χ0n) is 13.9. The van der Waals surface area contributed by atoms with Crippen molar-refractivity contribution in [3.63, 3.8) is 0 Å². The summed E-state index contributed by atoms with van der Waals surface area (Å²) in [6, 6.07) is 1.47. The maximum absolute atomic E-state index is 13.7. The van der Waals surface area contributed by atoms with Gasteiger partial charge < -0.3 is 14.0 Å². The van der Waals surface area contributed by atoms with Gasteiger partial charge >= 0.3 is 13.5 Å². The van der Waals surface area contributed by atoms with Crippen LogP contribution in [-0.4, -0.2) is 26.7 Å². The summed E-state index contributed by atoms with van der Waals surface area (Å²) in [7, 11) is -1.00. The fourth-order valence-corrected chi connectivity index (χ4v) is 2.69. The SMILES string of the molecule is CCCCCCC1COB(c2cc(F)c(OC(F)(F)F)c(F)c2)OC1. The normalized spacial score (nSPS) is 16.3. The summed E-state index contributed by atoms with van der Waals surface area (Å²) in [6.07, 6.45) is 0.267. The van der Waals surface area contributed by atoms with Crippen LogP contribution in [0.25, 0.3) is 0 Å². The number of halogens is 5. The molecule has 0 amide bonds. The average Bonchev–Trinajstić information content (AvgIpc) is 2.54. The van der Waals surface area contributed by atoms with E-state index in [0.717, 1.165) is 37.8 Å². The molecule has 1 aliphatic rings. The summed E-state index contributed by atoms with van der Waals surface area (Å²) < 4.78 is 78.2. The topological polar surface area (TPSA) is 27.7 Å². The fraction of sp³-hybridized carbons (Fsp3) is 0.625. The predicted molar refractivity (Wildman–Crippen MR) is 82.6 cm³/mol. The molecule has 1 saturated heterocycles. The smallest absolute Gasteiger partial charge is 0.407 e. The van der Waals surface area contributed by atoms with Gasteiger partial charge in [0.05, 0.1) is 0 Å². The first kappa shape index (κ1) is 20.0. The number of ether oxygens (including phenoxy) is 1. The number of benzene rings is 1. The molecule has 3 nitrogen and oxygen atoms in total. The van der Waals surface area contributed by atoms with Crippen LogP contribution in [0.15, 0.2) is 12.1 Å². The van der Waals surface area contributed by atoms with Gasteiger partial charge in [-0.3, -0.25) is 0 Å². The fourth-order valence-electron chi connectivity index (χ4n) is 2.69. The number of alkyl halides is 3. The molecule has 2 rings (SSSR count). The molecule has 0 aromatic heterocycles. The lowest BCUT2D eigenvalue weighted by molar-refractivity contribution is -0.276. The van der Waals surface area contributed by atoms with Crippen molar-refractivity contribution in [3.8, 4) is 5.75 Å². The summed E-state index contributed by atoms with van der Waals surface area (Å²) in [5.41, 5.74) is -0.0195. The van der Waals surface area contributed by atoms with Crippen molar-refractivity contribution in [2.75, 3.05) is 13.2 Å². The van der Waals surface area contributed by atoms with Crippen LogP contribution >= 0.6 is 0 Å². The van der Waals surface area contributed by atoms with Crippen LogP contribution in [0.3, 0.4) is 0 Å². The third kappa shape index (κ3) is 6.15. The number of hydrogen-bond donors (Lipinski definition) is 0. The van der Waals surface area contributed by atoms with Gasteiger partial charge in [0.1, 0.15) is 0 Å². The van der Waals surface area contributed by atoms with Crippen molar-refractivity contribution in [1.82, 2.24) is 0 Å². The second-order valence-electron chi connectivity index (χ2n) is 6.08. The number of hydrogen-bond acceptors (Lipinski definition) is 3. The molecule has 1 aliphatic heterocycles. The Hall–Kier alpha value is -1.35. The predicted octanol–water partition coefficient (Wildman–Crippen LogP) is 4.19. The molecule has 1 aromatic carbocycles. The first-order chi connectivity index (χ1) is 11.8. The third-order valence-corrected chi connectivity index (χ3v) is 3.94. The van der Waals surface area contributed by atoms with Crippen LogP contribution in [0, 0.1) is 17.6 Å². The highest BCUT2D eigenvalue weighted by atomic mass is 19.4. The van der Waals surface area contributed by atoms with Gasteiger partial charge in [-0.05, 0) is 24.0 Å². The summed E-state index contributed by atoms with van der Waals surface area (Å²) in [5, 5.41) is 0. The van der Waals surface area contributed by atoms with Gasteiger partial charge in [0.2, 0.25) is 5.75 Å². The lowest BCUT2D eigenvalue weighted by Gasteiger charge is -2.27. The zero-order chi connectivity index (χ0) is 18.4. The van der Waals surface area contributed by atoms with Crippen molar-refractivity contribution in [3.05, 3.63) is 23.8 Å². The molecule has 0 unspecified atom stereocenters. The van der Waals surface area contributed by atoms with E-state index in [9.17, 15) is 22.0 Å².